The number of hydrogen-bond donors (Lipinski definition) is 0. The Morgan fingerprint density at radius 3 is 2.48 bits per heavy atom. The molecule has 3 aromatic rings. The summed E-state index contributed by atoms with van der Waals surface area (Å²) in [5, 5.41) is 1.04. The Kier molecular flexibility index (Phi) is 6.56. The number of pyridine rings is 2. The Bertz CT molecular complexity index is 1310. The molecule has 0 aliphatic carbocycles. The Morgan fingerprint density at radius 1 is 1.09 bits per heavy atom. The lowest BCUT2D eigenvalue weighted by atomic mass is 10.2. The van der Waals surface area contributed by atoms with E-state index in [2.05, 4.69) is 9.97 Å². The van der Waals surface area contributed by atoms with Crippen molar-refractivity contribution in [2.45, 2.75) is 31.8 Å². The van der Waals surface area contributed by atoms with Gasteiger partial charge < -0.3 is 9.64 Å². The standard InChI is InChI=1S/C23H25ClN4O4S/c1-15(2)32-22-19(24)12-18(14-26-22)23(29)27-7-9-28(10-8-27)33(30,31)20-6-4-5-17-11-16(3)13-25-21(17)20/h4-6,11-15H,7-10H2,1-3H3. The summed E-state index contributed by atoms with van der Waals surface area (Å²) in [6, 6.07) is 8.59. The minimum absolute atomic E-state index is 0.0902. The Morgan fingerprint density at radius 2 is 1.82 bits per heavy atom. The summed E-state index contributed by atoms with van der Waals surface area (Å²) < 4.78 is 33.6. The number of benzene rings is 1. The van der Waals surface area contributed by atoms with Crippen LogP contribution in [0.5, 0.6) is 5.88 Å². The molecule has 1 fully saturated rings. The number of aromatic nitrogens is 2. The summed E-state index contributed by atoms with van der Waals surface area (Å²) in [4.78, 5) is 23.2. The summed E-state index contributed by atoms with van der Waals surface area (Å²) in [5.74, 6) is 0.0258. The van der Waals surface area contributed by atoms with E-state index in [1.165, 1.54) is 16.6 Å². The van der Waals surface area contributed by atoms with E-state index in [-0.39, 0.29) is 54.0 Å². The molecular weight excluding hydrogens is 464 g/mol. The van der Waals surface area contributed by atoms with Crippen LogP contribution in [0.25, 0.3) is 10.9 Å². The van der Waals surface area contributed by atoms with Crippen LogP contribution in [0.15, 0.2) is 47.6 Å². The highest BCUT2D eigenvalue weighted by Gasteiger charge is 2.32. The Labute approximate surface area is 198 Å². The van der Waals surface area contributed by atoms with Crippen molar-refractivity contribution in [2.75, 3.05) is 26.2 Å². The summed E-state index contributed by atoms with van der Waals surface area (Å²) in [6.07, 6.45) is 3.00. The quantitative estimate of drug-likeness (QED) is 0.545. The molecule has 1 amide bonds. The van der Waals surface area contributed by atoms with Crippen LogP contribution in [0.2, 0.25) is 5.02 Å². The summed E-state index contributed by atoms with van der Waals surface area (Å²) >= 11 is 6.21. The van der Waals surface area contributed by atoms with Gasteiger partial charge in [-0.2, -0.15) is 4.31 Å². The SMILES string of the molecule is Cc1cnc2c(S(=O)(=O)N3CCN(C(=O)c4cnc(OC(C)C)c(Cl)c4)CC3)cccc2c1. The Balaban J connectivity index is 1.49. The van der Waals surface area contributed by atoms with Crippen molar-refractivity contribution in [1.82, 2.24) is 19.2 Å². The van der Waals surface area contributed by atoms with E-state index in [0.717, 1.165) is 10.9 Å². The fraction of sp³-hybridized carbons (Fsp3) is 0.348. The maximum Gasteiger partial charge on any atom is 0.255 e. The molecule has 33 heavy (non-hydrogen) atoms. The van der Waals surface area contributed by atoms with E-state index in [4.69, 9.17) is 16.3 Å². The Hall–Kier alpha value is -2.75. The molecule has 4 rings (SSSR count). The van der Waals surface area contributed by atoms with Gasteiger partial charge in [-0.3, -0.25) is 9.78 Å². The average Bonchev–Trinajstić information content (AvgIpc) is 2.79. The monoisotopic (exact) mass is 488 g/mol. The first-order valence-electron chi connectivity index (χ1n) is 10.6. The number of halogens is 1. The molecule has 1 aromatic carbocycles. The third-order valence-corrected chi connectivity index (χ3v) is 7.56. The second-order valence-electron chi connectivity index (χ2n) is 8.21. The van der Waals surface area contributed by atoms with Gasteiger partial charge in [-0.05, 0) is 44.5 Å². The molecule has 1 aliphatic heterocycles. The van der Waals surface area contributed by atoms with Crippen LogP contribution in [0.1, 0.15) is 29.8 Å². The van der Waals surface area contributed by atoms with Gasteiger partial charge in [0.05, 0.1) is 17.2 Å². The minimum atomic E-state index is -3.76. The molecule has 0 bridgehead atoms. The maximum atomic E-state index is 13.3. The zero-order chi connectivity index (χ0) is 23.8. The molecule has 1 saturated heterocycles. The zero-order valence-electron chi connectivity index (χ0n) is 18.7. The number of ether oxygens (including phenoxy) is 1. The number of fused-ring (bicyclic) bond motifs is 1. The summed E-state index contributed by atoms with van der Waals surface area (Å²) in [5.41, 5.74) is 1.75. The first-order chi connectivity index (χ1) is 15.7. The number of piperazine rings is 1. The number of carbonyl (C=O) groups excluding carboxylic acids is 1. The van der Waals surface area contributed by atoms with Gasteiger partial charge in [0.25, 0.3) is 5.91 Å². The van der Waals surface area contributed by atoms with E-state index in [9.17, 15) is 13.2 Å². The molecule has 1 aliphatic rings. The van der Waals surface area contributed by atoms with Crippen LogP contribution >= 0.6 is 11.6 Å². The molecule has 3 heterocycles. The maximum absolute atomic E-state index is 13.3. The number of amides is 1. The van der Waals surface area contributed by atoms with Gasteiger partial charge in [-0.25, -0.2) is 13.4 Å². The van der Waals surface area contributed by atoms with Crippen LogP contribution in [0.4, 0.5) is 0 Å². The van der Waals surface area contributed by atoms with Gasteiger partial charge in [0.2, 0.25) is 15.9 Å². The topological polar surface area (TPSA) is 92.7 Å². The lowest BCUT2D eigenvalue weighted by Crippen LogP contribution is -2.50. The lowest BCUT2D eigenvalue weighted by molar-refractivity contribution is 0.0697. The predicted molar refractivity (Wildman–Crippen MR) is 126 cm³/mol. The van der Waals surface area contributed by atoms with Gasteiger partial charge in [0, 0.05) is 44.0 Å². The smallest absolute Gasteiger partial charge is 0.255 e. The van der Waals surface area contributed by atoms with E-state index < -0.39 is 10.0 Å². The number of aryl methyl sites for hydroxylation is 1. The van der Waals surface area contributed by atoms with Crippen LogP contribution in [-0.4, -0.2) is 65.8 Å². The molecule has 8 nitrogen and oxygen atoms in total. The van der Waals surface area contributed by atoms with Crippen molar-refractivity contribution in [3.05, 3.63) is 58.9 Å². The lowest BCUT2D eigenvalue weighted by Gasteiger charge is -2.34. The fourth-order valence-electron chi connectivity index (χ4n) is 3.76. The first kappa shape index (κ1) is 23.4. The number of rotatable bonds is 5. The van der Waals surface area contributed by atoms with E-state index in [1.807, 2.05) is 32.9 Å². The number of nitrogens with zero attached hydrogens (tertiary/aromatic N) is 4. The van der Waals surface area contributed by atoms with Gasteiger partial charge >= 0.3 is 0 Å². The third kappa shape index (κ3) is 4.80. The number of sulfonamides is 1. The molecule has 0 spiro atoms. The highest BCUT2D eigenvalue weighted by Crippen LogP contribution is 2.27. The molecule has 0 saturated carbocycles. The van der Waals surface area contributed by atoms with Gasteiger partial charge in [0.1, 0.15) is 9.92 Å². The van der Waals surface area contributed by atoms with Crippen LogP contribution < -0.4 is 4.74 Å². The van der Waals surface area contributed by atoms with Crippen LogP contribution in [0.3, 0.4) is 0 Å². The van der Waals surface area contributed by atoms with E-state index >= 15 is 0 Å². The minimum Gasteiger partial charge on any atom is -0.474 e. The van der Waals surface area contributed by atoms with Crippen molar-refractivity contribution in [3.63, 3.8) is 0 Å². The van der Waals surface area contributed by atoms with Gasteiger partial charge in [0.15, 0.2) is 0 Å². The predicted octanol–water partition coefficient (Wildman–Crippen LogP) is 3.53. The summed E-state index contributed by atoms with van der Waals surface area (Å²) in [7, 11) is -3.76. The molecule has 10 heteroatoms. The van der Waals surface area contributed by atoms with Gasteiger partial charge in [-0.1, -0.05) is 23.7 Å². The normalized spacial score (nSPS) is 15.2. The van der Waals surface area contributed by atoms with E-state index in [0.29, 0.717) is 11.1 Å². The second-order valence-corrected chi connectivity index (χ2v) is 10.5. The molecule has 0 radical (unpaired) electrons. The van der Waals surface area contributed by atoms with E-state index in [1.54, 1.807) is 23.2 Å². The van der Waals surface area contributed by atoms with Crippen molar-refractivity contribution in [2.24, 2.45) is 0 Å². The summed E-state index contributed by atoms with van der Waals surface area (Å²) in [6.45, 7) is 6.53. The average molecular weight is 489 g/mol. The molecule has 0 unspecified atom stereocenters. The van der Waals surface area contributed by atoms with Crippen LogP contribution in [-0.2, 0) is 10.0 Å². The van der Waals surface area contributed by atoms with Crippen LogP contribution in [0, 0.1) is 6.92 Å². The molecule has 0 atom stereocenters. The van der Waals surface area contributed by atoms with Crippen molar-refractivity contribution in [1.29, 1.82) is 0 Å². The van der Waals surface area contributed by atoms with Crippen molar-refractivity contribution in [3.8, 4) is 5.88 Å². The third-order valence-electron chi connectivity index (χ3n) is 5.36. The largest absolute Gasteiger partial charge is 0.474 e. The molecular formula is C23H25ClN4O4S. The van der Waals surface area contributed by atoms with Crippen molar-refractivity contribution < 1.29 is 17.9 Å². The highest BCUT2D eigenvalue weighted by atomic mass is 35.5. The number of hydrogen-bond acceptors (Lipinski definition) is 6. The van der Waals surface area contributed by atoms with Crippen molar-refractivity contribution >= 4 is 38.4 Å². The second kappa shape index (κ2) is 9.24. The molecule has 2 aromatic heterocycles. The van der Waals surface area contributed by atoms with Gasteiger partial charge in [-0.15, -0.1) is 0 Å². The number of para-hydroxylation sites is 1. The molecule has 174 valence electrons. The first-order valence-corrected chi connectivity index (χ1v) is 12.5. The highest BCUT2D eigenvalue weighted by molar-refractivity contribution is 7.89. The zero-order valence-corrected chi connectivity index (χ0v) is 20.2. The fourth-order valence-corrected chi connectivity index (χ4v) is 5.56. The molecule has 0 N–H and O–H groups in total. The number of carbonyl (C=O) groups is 1.